The van der Waals surface area contributed by atoms with Crippen molar-refractivity contribution in [1.82, 2.24) is 15.3 Å². The Balaban J connectivity index is 2.08. The minimum atomic E-state index is -0.218. The normalized spacial score (nSPS) is 10.2. The Labute approximate surface area is 137 Å². The number of nitrogens with one attached hydrogen (secondary N) is 1. The molecule has 1 N–H and O–H groups in total. The molecule has 6 nitrogen and oxygen atoms in total. The highest BCUT2D eigenvalue weighted by Crippen LogP contribution is 2.22. The molecule has 0 atom stereocenters. The van der Waals surface area contributed by atoms with Crippen LogP contribution in [-0.4, -0.2) is 37.1 Å². The molecule has 0 unspecified atom stereocenters. The van der Waals surface area contributed by atoms with Crippen molar-refractivity contribution in [3.8, 4) is 5.75 Å². The monoisotopic (exact) mass is 364 g/mol. The van der Waals surface area contributed by atoms with Crippen molar-refractivity contribution < 1.29 is 9.53 Å². The number of hydrogen-bond acceptors (Lipinski definition) is 5. The number of benzene rings is 1. The molecule has 1 heterocycles. The van der Waals surface area contributed by atoms with Gasteiger partial charge in [0.05, 0.1) is 19.2 Å². The number of carbonyl (C=O) groups excluding carboxylic acids is 1. The summed E-state index contributed by atoms with van der Waals surface area (Å²) in [7, 11) is 5.36. The van der Waals surface area contributed by atoms with Crippen LogP contribution >= 0.6 is 15.9 Å². The molecule has 22 heavy (non-hydrogen) atoms. The van der Waals surface area contributed by atoms with E-state index in [1.807, 2.05) is 25.1 Å². The van der Waals surface area contributed by atoms with Crippen molar-refractivity contribution >= 4 is 27.7 Å². The molecular formula is C15H17BrN4O2. The summed E-state index contributed by atoms with van der Waals surface area (Å²) in [6.45, 7) is 0.254. The summed E-state index contributed by atoms with van der Waals surface area (Å²) >= 11 is 3.36. The lowest BCUT2D eigenvalue weighted by Gasteiger charge is -2.12. The number of amides is 1. The van der Waals surface area contributed by atoms with Gasteiger partial charge < -0.3 is 15.0 Å². The molecule has 0 aliphatic carbocycles. The first-order chi connectivity index (χ1) is 10.5. The van der Waals surface area contributed by atoms with Crippen molar-refractivity contribution in [2.45, 2.75) is 6.54 Å². The van der Waals surface area contributed by atoms with Crippen LogP contribution in [0.25, 0.3) is 0 Å². The zero-order valence-corrected chi connectivity index (χ0v) is 14.2. The predicted octanol–water partition coefficient (Wildman–Crippen LogP) is 2.24. The second-order valence-corrected chi connectivity index (χ2v) is 5.61. The summed E-state index contributed by atoms with van der Waals surface area (Å²) in [4.78, 5) is 22.7. The van der Waals surface area contributed by atoms with Crippen LogP contribution in [0.15, 0.2) is 34.9 Å². The predicted molar refractivity (Wildman–Crippen MR) is 88.2 cm³/mol. The average molecular weight is 365 g/mol. The van der Waals surface area contributed by atoms with Crippen LogP contribution in [0.4, 0.5) is 5.82 Å². The number of anilines is 1. The van der Waals surface area contributed by atoms with Crippen molar-refractivity contribution in [3.63, 3.8) is 0 Å². The van der Waals surface area contributed by atoms with Gasteiger partial charge in [-0.1, -0.05) is 0 Å². The van der Waals surface area contributed by atoms with Gasteiger partial charge in [-0.05, 0) is 40.2 Å². The SMILES string of the molecule is COc1ccc(Br)c(C(=O)NCc2nccc(N(C)C)n2)c1. The standard InChI is InChI=1S/C15H17BrN4O2/c1-20(2)14-6-7-17-13(19-14)9-18-15(21)11-8-10(22-3)4-5-12(11)16/h4-8H,9H2,1-3H3,(H,18,21). The lowest BCUT2D eigenvalue weighted by atomic mass is 10.2. The highest BCUT2D eigenvalue weighted by Gasteiger charge is 2.12. The second-order valence-electron chi connectivity index (χ2n) is 4.75. The summed E-state index contributed by atoms with van der Waals surface area (Å²) in [6.07, 6.45) is 1.67. The second kappa shape index (κ2) is 7.22. The number of aromatic nitrogens is 2. The minimum absolute atomic E-state index is 0.218. The number of rotatable bonds is 5. The molecule has 0 radical (unpaired) electrons. The maximum Gasteiger partial charge on any atom is 0.252 e. The molecule has 1 aromatic heterocycles. The largest absolute Gasteiger partial charge is 0.497 e. The van der Waals surface area contributed by atoms with Crippen molar-refractivity contribution in [3.05, 3.63) is 46.3 Å². The zero-order valence-electron chi connectivity index (χ0n) is 12.6. The maximum atomic E-state index is 12.3. The fourth-order valence-electron chi connectivity index (χ4n) is 1.78. The Kier molecular flexibility index (Phi) is 5.32. The van der Waals surface area contributed by atoms with Gasteiger partial charge in [-0.25, -0.2) is 9.97 Å². The van der Waals surface area contributed by atoms with Crippen LogP contribution in [0.5, 0.6) is 5.75 Å². The Morgan fingerprint density at radius 2 is 2.14 bits per heavy atom. The Hall–Kier alpha value is -2.15. The van der Waals surface area contributed by atoms with Gasteiger partial charge in [0.2, 0.25) is 0 Å². The Morgan fingerprint density at radius 3 is 2.82 bits per heavy atom. The van der Waals surface area contributed by atoms with E-state index in [0.29, 0.717) is 21.6 Å². The van der Waals surface area contributed by atoms with Gasteiger partial charge in [-0.3, -0.25) is 4.79 Å². The zero-order chi connectivity index (χ0) is 16.1. The van der Waals surface area contributed by atoms with E-state index >= 15 is 0 Å². The van der Waals surface area contributed by atoms with Gasteiger partial charge in [0.25, 0.3) is 5.91 Å². The molecule has 0 saturated heterocycles. The molecule has 7 heteroatoms. The van der Waals surface area contributed by atoms with Crippen molar-refractivity contribution in [2.24, 2.45) is 0 Å². The lowest BCUT2D eigenvalue weighted by Crippen LogP contribution is -2.24. The van der Waals surface area contributed by atoms with Gasteiger partial charge >= 0.3 is 0 Å². The molecule has 0 aliphatic heterocycles. The van der Waals surface area contributed by atoms with Gasteiger partial charge in [-0.2, -0.15) is 0 Å². The van der Waals surface area contributed by atoms with Crippen LogP contribution in [0, 0.1) is 0 Å². The summed E-state index contributed by atoms with van der Waals surface area (Å²) in [5, 5.41) is 2.81. The van der Waals surface area contributed by atoms with Crippen molar-refractivity contribution in [2.75, 3.05) is 26.1 Å². The molecule has 2 aromatic rings. The first kappa shape index (κ1) is 16.2. The third-order valence-corrected chi connectivity index (χ3v) is 3.67. The fourth-order valence-corrected chi connectivity index (χ4v) is 2.21. The van der Waals surface area contributed by atoms with E-state index < -0.39 is 0 Å². The summed E-state index contributed by atoms with van der Waals surface area (Å²) < 4.78 is 5.84. The molecule has 0 fully saturated rings. The number of halogens is 1. The smallest absolute Gasteiger partial charge is 0.252 e. The van der Waals surface area contributed by atoms with Gasteiger partial charge in [0, 0.05) is 24.8 Å². The molecule has 0 bridgehead atoms. The number of ether oxygens (including phenoxy) is 1. The number of carbonyl (C=O) groups is 1. The molecular weight excluding hydrogens is 348 g/mol. The van der Waals surface area contributed by atoms with Crippen molar-refractivity contribution in [1.29, 1.82) is 0 Å². The quantitative estimate of drug-likeness (QED) is 0.880. The molecule has 0 spiro atoms. The van der Waals surface area contributed by atoms with Gasteiger partial charge in [0.1, 0.15) is 17.4 Å². The van der Waals surface area contributed by atoms with Crippen LogP contribution in [0.1, 0.15) is 16.2 Å². The average Bonchev–Trinajstić information content (AvgIpc) is 2.53. The van der Waals surface area contributed by atoms with Gasteiger partial charge in [-0.15, -0.1) is 0 Å². The minimum Gasteiger partial charge on any atom is -0.497 e. The van der Waals surface area contributed by atoms with Crippen LogP contribution in [-0.2, 0) is 6.54 Å². The molecule has 2 rings (SSSR count). The third kappa shape index (κ3) is 3.94. The topological polar surface area (TPSA) is 67.3 Å². The number of methoxy groups -OCH3 is 1. The van der Waals surface area contributed by atoms with E-state index in [-0.39, 0.29) is 12.5 Å². The van der Waals surface area contributed by atoms with Crippen LogP contribution in [0.2, 0.25) is 0 Å². The van der Waals surface area contributed by atoms with E-state index in [1.165, 1.54) is 0 Å². The van der Waals surface area contributed by atoms with Crippen LogP contribution in [0.3, 0.4) is 0 Å². The lowest BCUT2D eigenvalue weighted by molar-refractivity contribution is 0.0948. The van der Waals surface area contributed by atoms with Crippen LogP contribution < -0.4 is 15.0 Å². The molecule has 116 valence electrons. The Morgan fingerprint density at radius 1 is 1.36 bits per heavy atom. The third-order valence-electron chi connectivity index (χ3n) is 2.97. The molecule has 1 aromatic carbocycles. The molecule has 0 aliphatic rings. The van der Waals surface area contributed by atoms with E-state index in [0.717, 1.165) is 5.82 Å². The summed E-state index contributed by atoms with van der Waals surface area (Å²) in [5.41, 5.74) is 0.503. The number of hydrogen-bond donors (Lipinski definition) is 1. The van der Waals surface area contributed by atoms with Gasteiger partial charge in [0.15, 0.2) is 0 Å². The number of nitrogens with zero attached hydrogens (tertiary/aromatic N) is 3. The summed E-state index contributed by atoms with van der Waals surface area (Å²) in [6, 6.07) is 7.04. The van der Waals surface area contributed by atoms with E-state index in [9.17, 15) is 4.79 Å². The highest BCUT2D eigenvalue weighted by molar-refractivity contribution is 9.10. The first-order valence-corrected chi connectivity index (χ1v) is 7.41. The first-order valence-electron chi connectivity index (χ1n) is 6.62. The molecule has 1 amide bonds. The fraction of sp³-hybridized carbons (Fsp3) is 0.267. The highest BCUT2D eigenvalue weighted by atomic mass is 79.9. The summed E-state index contributed by atoms with van der Waals surface area (Å²) in [5.74, 6) is 1.75. The molecule has 0 saturated carbocycles. The van der Waals surface area contributed by atoms with E-state index in [1.54, 1.807) is 31.5 Å². The maximum absolute atomic E-state index is 12.3. The Bertz CT molecular complexity index is 676. The van der Waals surface area contributed by atoms with E-state index in [4.69, 9.17) is 4.74 Å². The van der Waals surface area contributed by atoms with E-state index in [2.05, 4.69) is 31.2 Å².